The van der Waals surface area contributed by atoms with Gasteiger partial charge >= 0.3 is 0 Å². The summed E-state index contributed by atoms with van der Waals surface area (Å²) in [5, 5.41) is 0.0920. The molecule has 1 aliphatic rings. The predicted molar refractivity (Wildman–Crippen MR) is 78.1 cm³/mol. The minimum atomic E-state index is -1.03. The van der Waals surface area contributed by atoms with Crippen molar-refractivity contribution >= 4 is 28.2 Å². The number of Topliss-reactive ketones (excluding diaryl/α,β-unsaturated/α-hetero) is 2. The molecule has 3 rings (SSSR count). The number of nitrogens with zero attached hydrogens (tertiary/aromatic N) is 2. The van der Waals surface area contributed by atoms with Crippen molar-refractivity contribution in [3.05, 3.63) is 34.4 Å². The number of nitrogen functional groups attached to an aromatic ring is 1. The van der Waals surface area contributed by atoms with Gasteiger partial charge in [0.05, 0.1) is 24.7 Å². The van der Waals surface area contributed by atoms with E-state index in [9.17, 15) is 14.4 Å². The summed E-state index contributed by atoms with van der Waals surface area (Å²) in [4.78, 5) is 40.8. The summed E-state index contributed by atoms with van der Waals surface area (Å²) >= 11 is 0. The molecule has 1 saturated carbocycles. The summed E-state index contributed by atoms with van der Waals surface area (Å²) in [5.74, 6) is -0.564. The summed E-state index contributed by atoms with van der Waals surface area (Å²) in [6, 6.07) is 2.09. The molecular formula is C15H15N3O3. The summed E-state index contributed by atoms with van der Waals surface area (Å²) in [6.07, 6.45) is -1.43. The lowest BCUT2D eigenvalue weighted by Gasteiger charge is -2.24. The fraction of sp³-hybridized carbons (Fsp3) is 0.333. The van der Waals surface area contributed by atoms with Gasteiger partial charge < -0.3 is 5.73 Å². The molecule has 2 unspecified atom stereocenters. The molecule has 2 atom stereocenters. The van der Waals surface area contributed by atoms with E-state index < -0.39 is 29.6 Å². The lowest BCUT2D eigenvalue weighted by Crippen LogP contribution is -2.36. The lowest BCUT2D eigenvalue weighted by molar-refractivity contribution is -0.132. The summed E-state index contributed by atoms with van der Waals surface area (Å²) in [5.41, 5.74) is 5.70. The third-order valence-corrected chi connectivity index (χ3v) is 3.66. The number of nitrogens with two attached hydrogens (primary N) is 1. The number of ketones is 2. The van der Waals surface area contributed by atoms with Gasteiger partial charge in [-0.1, -0.05) is 6.07 Å². The van der Waals surface area contributed by atoms with E-state index in [0.29, 0.717) is 0 Å². The molecule has 0 saturated heterocycles. The normalized spacial score (nSPS) is 24.0. The van der Waals surface area contributed by atoms with Gasteiger partial charge in [0.2, 0.25) is 0 Å². The first-order chi connectivity index (χ1) is 10.8. The zero-order chi connectivity index (χ0) is 16.9. The van der Waals surface area contributed by atoms with Crippen LogP contribution in [-0.4, -0.2) is 21.1 Å². The quantitative estimate of drug-likeness (QED) is 0.627. The number of aryl methyl sites for hydroxylation is 1. The average Bonchev–Trinajstić information content (AvgIpc) is 2.48. The monoisotopic (exact) mass is 287 g/mol. The lowest BCUT2D eigenvalue weighted by atomic mass is 9.92. The molecule has 0 bridgehead atoms. The Morgan fingerprint density at radius 3 is 3.00 bits per heavy atom. The molecule has 0 amide bonds. The molecule has 2 N–H and O–H groups in total. The molecule has 0 radical (unpaired) electrons. The molecule has 6 heteroatoms. The summed E-state index contributed by atoms with van der Waals surface area (Å²) < 4.78 is 16.8. The number of hydrogen-bond acceptors (Lipinski definition) is 5. The summed E-state index contributed by atoms with van der Waals surface area (Å²) in [6.45, 7) is 1.56. The minimum Gasteiger partial charge on any atom is -0.398 e. The highest BCUT2D eigenvalue weighted by Gasteiger charge is 2.30. The van der Waals surface area contributed by atoms with Gasteiger partial charge in [-0.2, -0.15) is 0 Å². The zero-order valence-corrected chi connectivity index (χ0v) is 11.4. The Hall–Kier alpha value is -2.50. The van der Waals surface area contributed by atoms with Gasteiger partial charge in [-0.25, -0.2) is 4.98 Å². The van der Waals surface area contributed by atoms with Gasteiger partial charge in [-0.05, 0) is 25.5 Å². The first-order valence-corrected chi connectivity index (χ1v) is 6.57. The maximum Gasteiger partial charge on any atom is 0.264 e. The van der Waals surface area contributed by atoms with Gasteiger partial charge in [0.25, 0.3) is 5.56 Å². The van der Waals surface area contributed by atoms with Gasteiger partial charge in [-0.15, -0.1) is 0 Å². The second-order valence-corrected chi connectivity index (χ2v) is 5.06. The molecule has 108 valence electrons. The van der Waals surface area contributed by atoms with E-state index in [1.807, 2.05) is 0 Å². The van der Waals surface area contributed by atoms with Crippen molar-refractivity contribution < 1.29 is 12.3 Å². The van der Waals surface area contributed by atoms with Crippen LogP contribution in [-0.2, 0) is 9.59 Å². The van der Waals surface area contributed by atoms with Crippen molar-refractivity contribution in [2.45, 2.75) is 32.2 Å². The van der Waals surface area contributed by atoms with E-state index in [1.54, 1.807) is 6.92 Å². The zero-order valence-electron chi connectivity index (χ0n) is 13.4. The smallest absolute Gasteiger partial charge is 0.264 e. The largest absolute Gasteiger partial charge is 0.398 e. The first kappa shape index (κ1) is 11.2. The van der Waals surface area contributed by atoms with E-state index in [2.05, 4.69) is 4.98 Å². The molecule has 1 aromatic heterocycles. The number of fused-ring (bicyclic) bond motifs is 1. The number of rotatable bonds is 1. The molecule has 1 heterocycles. The number of anilines is 1. The number of benzene rings is 1. The second kappa shape index (κ2) is 4.80. The number of aromatic nitrogens is 2. The topological polar surface area (TPSA) is 95.0 Å². The van der Waals surface area contributed by atoms with Gasteiger partial charge in [-0.3, -0.25) is 19.0 Å². The molecular weight excluding hydrogens is 270 g/mol. The number of carbonyl (C=O) groups is 2. The van der Waals surface area contributed by atoms with Crippen LogP contribution in [0.1, 0.15) is 33.8 Å². The molecule has 1 aromatic carbocycles. The van der Waals surface area contributed by atoms with E-state index in [-0.39, 0.29) is 41.3 Å². The van der Waals surface area contributed by atoms with E-state index in [1.165, 1.54) is 16.7 Å². The van der Waals surface area contributed by atoms with Crippen molar-refractivity contribution in [3.8, 4) is 0 Å². The van der Waals surface area contributed by atoms with Gasteiger partial charge in [0.15, 0.2) is 5.78 Å². The average molecular weight is 287 g/mol. The van der Waals surface area contributed by atoms with Crippen molar-refractivity contribution in [1.82, 2.24) is 9.55 Å². The minimum absolute atomic E-state index is 0.0495. The predicted octanol–water partition coefficient (Wildman–Crippen LogP) is 1.15. The third kappa shape index (κ3) is 2.12. The van der Waals surface area contributed by atoms with Crippen molar-refractivity contribution in [3.63, 3.8) is 0 Å². The highest BCUT2D eigenvalue weighted by Crippen LogP contribution is 2.24. The molecule has 0 aliphatic heterocycles. The standard InChI is InChI=1S/C15H15N3O3/c1-8-17-11-4-2-3-10(16)14(11)15(21)18(8)12-6-5-9(19)7-13(12)20/h2-4,12H,5-7,16H2,1H3/i4D,5D. The van der Waals surface area contributed by atoms with Crippen LogP contribution in [0.15, 0.2) is 23.0 Å². The fourth-order valence-corrected chi connectivity index (χ4v) is 2.65. The van der Waals surface area contributed by atoms with Crippen molar-refractivity contribution in [2.24, 2.45) is 0 Å². The molecule has 1 aliphatic carbocycles. The Labute approximate surface area is 123 Å². The first-order valence-electron chi connectivity index (χ1n) is 7.64. The van der Waals surface area contributed by atoms with Crippen LogP contribution in [0.25, 0.3) is 10.9 Å². The van der Waals surface area contributed by atoms with Crippen LogP contribution >= 0.6 is 0 Å². The highest BCUT2D eigenvalue weighted by atomic mass is 16.2. The second-order valence-electron chi connectivity index (χ2n) is 5.06. The van der Waals surface area contributed by atoms with E-state index >= 15 is 0 Å². The summed E-state index contributed by atoms with van der Waals surface area (Å²) in [7, 11) is 0. The molecule has 0 spiro atoms. The Kier molecular flexibility index (Phi) is 2.56. The highest BCUT2D eigenvalue weighted by molar-refractivity contribution is 6.03. The van der Waals surface area contributed by atoms with E-state index in [0.717, 1.165) is 0 Å². The third-order valence-electron chi connectivity index (χ3n) is 3.66. The fourth-order valence-electron chi connectivity index (χ4n) is 2.65. The van der Waals surface area contributed by atoms with Crippen molar-refractivity contribution in [2.75, 3.05) is 5.73 Å². The number of hydrogen-bond donors (Lipinski definition) is 1. The Morgan fingerprint density at radius 1 is 1.48 bits per heavy atom. The maximum absolute atomic E-state index is 12.8. The van der Waals surface area contributed by atoms with Crippen LogP contribution in [0.5, 0.6) is 0 Å². The van der Waals surface area contributed by atoms with Crippen molar-refractivity contribution in [1.29, 1.82) is 0 Å². The Bertz CT molecular complexity index is 907. The van der Waals surface area contributed by atoms with Gasteiger partial charge in [0.1, 0.15) is 11.6 Å². The van der Waals surface area contributed by atoms with Gasteiger partial charge in [0, 0.05) is 13.5 Å². The molecule has 1 fully saturated rings. The molecule has 21 heavy (non-hydrogen) atoms. The molecule has 6 nitrogen and oxygen atoms in total. The van der Waals surface area contributed by atoms with E-state index in [4.69, 9.17) is 8.48 Å². The van der Waals surface area contributed by atoms with Crippen LogP contribution in [0, 0.1) is 6.92 Å². The Balaban J connectivity index is 2.27. The maximum atomic E-state index is 12.8. The van der Waals surface area contributed by atoms with Crippen LogP contribution < -0.4 is 11.3 Å². The molecule has 2 aromatic rings. The van der Waals surface area contributed by atoms with Crippen LogP contribution in [0.3, 0.4) is 0 Å². The Morgan fingerprint density at radius 2 is 2.24 bits per heavy atom. The van der Waals surface area contributed by atoms with Crippen LogP contribution in [0.4, 0.5) is 5.69 Å². The number of carbonyl (C=O) groups excluding carboxylic acids is 2. The SMILES string of the molecule is [2H]c1ccc(N)c2c(=O)n(C3CC([2H])C(=O)CC3=O)c(C)nc12. The van der Waals surface area contributed by atoms with Crippen LogP contribution in [0.2, 0.25) is 0 Å².